The average molecular weight is 180 g/mol. The summed E-state index contributed by atoms with van der Waals surface area (Å²) >= 11 is 0. The number of anilines is 1. The molecule has 1 atom stereocenters. The van der Waals surface area contributed by atoms with Gasteiger partial charge in [0, 0.05) is 12.5 Å². The molecule has 1 aromatic heterocycles. The van der Waals surface area contributed by atoms with Gasteiger partial charge in [-0.2, -0.15) is 0 Å². The standard InChI is InChI=1S/C9H12N2O2/c10-7-1-2-9(11-5-7)13-8-3-4-12-6-8/h1-2,5,8H,3-4,6,10H2/t8-/m0/s1. The van der Waals surface area contributed by atoms with Gasteiger partial charge in [0.1, 0.15) is 6.10 Å². The van der Waals surface area contributed by atoms with Crippen molar-refractivity contribution >= 4 is 5.69 Å². The minimum Gasteiger partial charge on any atom is -0.472 e. The van der Waals surface area contributed by atoms with Crippen molar-refractivity contribution in [2.45, 2.75) is 12.5 Å². The van der Waals surface area contributed by atoms with Crippen LogP contribution in [0, 0.1) is 0 Å². The lowest BCUT2D eigenvalue weighted by molar-refractivity contribution is 0.138. The summed E-state index contributed by atoms with van der Waals surface area (Å²) in [5.74, 6) is 0.615. The number of hydrogen-bond donors (Lipinski definition) is 1. The van der Waals surface area contributed by atoms with Crippen molar-refractivity contribution in [3.8, 4) is 5.88 Å². The van der Waals surface area contributed by atoms with Crippen LogP contribution in [-0.4, -0.2) is 24.3 Å². The molecule has 1 aliphatic heterocycles. The first-order chi connectivity index (χ1) is 6.34. The molecule has 0 aliphatic carbocycles. The summed E-state index contributed by atoms with van der Waals surface area (Å²) in [6, 6.07) is 3.55. The van der Waals surface area contributed by atoms with Crippen LogP contribution in [0.3, 0.4) is 0 Å². The van der Waals surface area contributed by atoms with E-state index in [2.05, 4.69) is 4.98 Å². The van der Waals surface area contributed by atoms with E-state index in [0.29, 0.717) is 18.2 Å². The molecule has 0 aromatic carbocycles. The highest BCUT2D eigenvalue weighted by Crippen LogP contribution is 2.14. The van der Waals surface area contributed by atoms with E-state index in [4.69, 9.17) is 15.2 Å². The van der Waals surface area contributed by atoms with E-state index in [1.807, 2.05) is 0 Å². The average Bonchev–Trinajstić information content (AvgIpc) is 2.62. The number of aromatic nitrogens is 1. The van der Waals surface area contributed by atoms with E-state index < -0.39 is 0 Å². The smallest absolute Gasteiger partial charge is 0.213 e. The molecule has 0 radical (unpaired) electrons. The number of ether oxygens (including phenoxy) is 2. The van der Waals surface area contributed by atoms with Crippen LogP contribution in [0.25, 0.3) is 0 Å². The molecule has 1 fully saturated rings. The Morgan fingerprint density at radius 3 is 3.08 bits per heavy atom. The van der Waals surface area contributed by atoms with E-state index in [9.17, 15) is 0 Å². The molecule has 0 bridgehead atoms. The molecule has 0 spiro atoms. The maximum atomic E-state index is 5.54. The van der Waals surface area contributed by atoms with Gasteiger partial charge in [0.2, 0.25) is 5.88 Å². The van der Waals surface area contributed by atoms with E-state index in [1.54, 1.807) is 18.3 Å². The summed E-state index contributed by atoms with van der Waals surface area (Å²) in [6.07, 6.45) is 2.67. The highest BCUT2D eigenvalue weighted by atomic mass is 16.5. The third-order valence-corrected chi connectivity index (χ3v) is 1.93. The van der Waals surface area contributed by atoms with Gasteiger partial charge in [-0.1, -0.05) is 0 Å². The second-order valence-corrected chi connectivity index (χ2v) is 3.03. The van der Waals surface area contributed by atoms with Crippen LogP contribution in [0.15, 0.2) is 18.3 Å². The molecule has 2 rings (SSSR count). The highest BCUT2D eigenvalue weighted by molar-refractivity contribution is 5.35. The van der Waals surface area contributed by atoms with Gasteiger partial charge in [0.25, 0.3) is 0 Å². The minimum atomic E-state index is 0.149. The Hall–Kier alpha value is -1.29. The Labute approximate surface area is 76.7 Å². The Kier molecular flexibility index (Phi) is 2.31. The summed E-state index contributed by atoms with van der Waals surface area (Å²) in [5, 5.41) is 0. The van der Waals surface area contributed by atoms with Gasteiger partial charge in [-0.25, -0.2) is 4.98 Å². The summed E-state index contributed by atoms with van der Waals surface area (Å²) in [4.78, 5) is 4.04. The van der Waals surface area contributed by atoms with Gasteiger partial charge < -0.3 is 15.2 Å². The van der Waals surface area contributed by atoms with Crippen molar-refractivity contribution in [1.82, 2.24) is 4.98 Å². The molecular formula is C9H12N2O2. The Balaban J connectivity index is 1.97. The molecule has 1 aromatic rings. The third-order valence-electron chi connectivity index (χ3n) is 1.93. The van der Waals surface area contributed by atoms with Crippen molar-refractivity contribution in [2.24, 2.45) is 0 Å². The molecule has 1 aliphatic rings. The Bertz CT molecular complexity index is 267. The molecule has 1 saturated heterocycles. The number of nitrogen functional groups attached to an aromatic ring is 1. The van der Waals surface area contributed by atoms with Crippen LogP contribution in [0.1, 0.15) is 6.42 Å². The van der Waals surface area contributed by atoms with Crippen LogP contribution in [0.4, 0.5) is 5.69 Å². The van der Waals surface area contributed by atoms with Gasteiger partial charge >= 0.3 is 0 Å². The molecular weight excluding hydrogens is 168 g/mol. The fraction of sp³-hybridized carbons (Fsp3) is 0.444. The maximum Gasteiger partial charge on any atom is 0.213 e. The molecule has 4 heteroatoms. The number of nitrogens with zero attached hydrogens (tertiary/aromatic N) is 1. The van der Waals surface area contributed by atoms with Crippen molar-refractivity contribution in [3.63, 3.8) is 0 Å². The van der Waals surface area contributed by atoms with Crippen LogP contribution in [0.5, 0.6) is 5.88 Å². The lowest BCUT2D eigenvalue weighted by Gasteiger charge is -2.09. The maximum absolute atomic E-state index is 5.54. The Morgan fingerprint density at radius 2 is 2.46 bits per heavy atom. The van der Waals surface area contributed by atoms with Gasteiger partial charge in [-0.15, -0.1) is 0 Å². The first-order valence-electron chi connectivity index (χ1n) is 4.30. The summed E-state index contributed by atoms with van der Waals surface area (Å²) in [7, 11) is 0. The van der Waals surface area contributed by atoms with Crippen molar-refractivity contribution in [2.75, 3.05) is 18.9 Å². The largest absolute Gasteiger partial charge is 0.472 e. The van der Waals surface area contributed by atoms with Gasteiger partial charge in [-0.3, -0.25) is 0 Å². The lowest BCUT2D eigenvalue weighted by Crippen LogP contribution is -2.16. The fourth-order valence-electron chi connectivity index (χ4n) is 1.24. The van der Waals surface area contributed by atoms with Gasteiger partial charge in [-0.05, 0) is 6.07 Å². The van der Waals surface area contributed by atoms with Crippen molar-refractivity contribution in [1.29, 1.82) is 0 Å². The number of hydrogen-bond acceptors (Lipinski definition) is 4. The first kappa shape index (κ1) is 8.31. The van der Waals surface area contributed by atoms with E-state index in [0.717, 1.165) is 13.0 Å². The first-order valence-corrected chi connectivity index (χ1v) is 4.30. The molecule has 4 nitrogen and oxygen atoms in total. The molecule has 2 heterocycles. The monoisotopic (exact) mass is 180 g/mol. The van der Waals surface area contributed by atoms with E-state index in [-0.39, 0.29) is 6.10 Å². The topological polar surface area (TPSA) is 57.4 Å². The second-order valence-electron chi connectivity index (χ2n) is 3.03. The molecule has 0 saturated carbocycles. The number of pyridine rings is 1. The van der Waals surface area contributed by atoms with Crippen molar-refractivity contribution < 1.29 is 9.47 Å². The van der Waals surface area contributed by atoms with E-state index in [1.165, 1.54) is 0 Å². The molecule has 0 unspecified atom stereocenters. The molecule has 70 valence electrons. The van der Waals surface area contributed by atoms with Crippen LogP contribution in [0.2, 0.25) is 0 Å². The SMILES string of the molecule is Nc1ccc(O[C@H]2CCOC2)nc1. The Morgan fingerprint density at radius 1 is 1.54 bits per heavy atom. The summed E-state index contributed by atoms with van der Waals surface area (Å²) in [6.45, 7) is 1.44. The molecule has 0 amide bonds. The predicted molar refractivity (Wildman–Crippen MR) is 48.5 cm³/mol. The van der Waals surface area contributed by atoms with Crippen LogP contribution >= 0.6 is 0 Å². The number of nitrogens with two attached hydrogens (primary N) is 1. The van der Waals surface area contributed by atoms with Crippen LogP contribution < -0.4 is 10.5 Å². The van der Waals surface area contributed by atoms with Gasteiger partial charge in [0.15, 0.2) is 0 Å². The van der Waals surface area contributed by atoms with E-state index >= 15 is 0 Å². The zero-order valence-corrected chi connectivity index (χ0v) is 7.27. The minimum absolute atomic E-state index is 0.149. The molecule has 2 N–H and O–H groups in total. The zero-order valence-electron chi connectivity index (χ0n) is 7.27. The summed E-state index contributed by atoms with van der Waals surface area (Å²) < 4.78 is 10.7. The molecule has 13 heavy (non-hydrogen) atoms. The van der Waals surface area contributed by atoms with Crippen LogP contribution in [-0.2, 0) is 4.74 Å². The second kappa shape index (κ2) is 3.62. The van der Waals surface area contributed by atoms with Gasteiger partial charge in [0.05, 0.1) is 25.1 Å². The zero-order chi connectivity index (χ0) is 9.10. The predicted octanol–water partition coefficient (Wildman–Crippen LogP) is 0.832. The quantitative estimate of drug-likeness (QED) is 0.732. The summed E-state index contributed by atoms with van der Waals surface area (Å²) in [5.41, 5.74) is 6.14. The third kappa shape index (κ3) is 2.09. The van der Waals surface area contributed by atoms with Crippen molar-refractivity contribution in [3.05, 3.63) is 18.3 Å². The normalized spacial score (nSPS) is 21.7. The fourth-order valence-corrected chi connectivity index (χ4v) is 1.24. The highest BCUT2D eigenvalue weighted by Gasteiger charge is 2.17. The lowest BCUT2D eigenvalue weighted by atomic mass is 10.3. The number of rotatable bonds is 2.